The standard InChI is InChI=1S/C14H14F2IN3/c1-2-6-18-13-11(15)8-12(16)14(20-13)19-10-5-3-4-9(17)7-10/h3-5,7-8H,2,6H2,1H3,(H2,18,19,20). The van der Waals surface area contributed by atoms with Crippen molar-refractivity contribution >= 4 is 39.9 Å². The minimum absolute atomic E-state index is 0.00648. The van der Waals surface area contributed by atoms with E-state index in [2.05, 4.69) is 38.2 Å². The van der Waals surface area contributed by atoms with E-state index in [1.54, 1.807) is 6.07 Å². The molecule has 1 aromatic heterocycles. The first-order valence-electron chi connectivity index (χ1n) is 6.22. The van der Waals surface area contributed by atoms with E-state index in [-0.39, 0.29) is 11.6 Å². The molecule has 2 aromatic rings. The molecule has 6 heteroatoms. The average molecular weight is 389 g/mol. The molecule has 1 aromatic carbocycles. The molecule has 0 aliphatic carbocycles. The largest absolute Gasteiger partial charge is 0.368 e. The van der Waals surface area contributed by atoms with Crippen LogP contribution in [0.1, 0.15) is 13.3 Å². The van der Waals surface area contributed by atoms with Crippen LogP contribution in [-0.4, -0.2) is 11.5 Å². The minimum Gasteiger partial charge on any atom is -0.368 e. The van der Waals surface area contributed by atoms with Gasteiger partial charge in [0.1, 0.15) is 0 Å². The Balaban J connectivity index is 2.26. The van der Waals surface area contributed by atoms with Crippen molar-refractivity contribution in [2.24, 2.45) is 0 Å². The maximum absolute atomic E-state index is 13.7. The molecule has 0 aliphatic heterocycles. The first-order valence-corrected chi connectivity index (χ1v) is 7.30. The van der Waals surface area contributed by atoms with E-state index in [4.69, 9.17) is 0 Å². The van der Waals surface area contributed by atoms with E-state index in [9.17, 15) is 8.78 Å². The second-order valence-corrected chi connectivity index (χ2v) is 5.46. The Hall–Kier alpha value is -1.44. The van der Waals surface area contributed by atoms with E-state index in [1.165, 1.54) is 0 Å². The van der Waals surface area contributed by atoms with Gasteiger partial charge in [0.25, 0.3) is 0 Å². The third kappa shape index (κ3) is 3.78. The van der Waals surface area contributed by atoms with Gasteiger partial charge >= 0.3 is 0 Å². The molecule has 0 aliphatic rings. The number of halogens is 3. The molecule has 20 heavy (non-hydrogen) atoms. The Bertz CT molecular complexity index is 605. The molecule has 0 fully saturated rings. The molecule has 106 valence electrons. The Morgan fingerprint density at radius 2 is 1.90 bits per heavy atom. The predicted octanol–water partition coefficient (Wildman–Crippen LogP) is 4.53. The fourth-order valence-corrected chi connectivity index (χ4v) is 2.17. The number of hydrogen-bond donors (Lipinski definition) is 2. The summed E-state index contributed by atoms with van der Waals surface area (Å²) in [6.45, 7) is 2.54. The maximum atomic E-state index is 13.7. The average Bonchev–Trinajstić information content (AvgIpc) is 2.40. The molecule has 2 N–H and O–H groups in total. The van der Waals surface area contributed by atoms with Crippen LogP contribution < -0.4 is 10.6 Å². The summed E-state index contributed by atoms with van der Waals surface area (Å²) >= 11 is 2.16. The van der Waals surface area contributed by atoms with Gasteiger partial charge in [-0.15, -0.1) is 0 Å². The van der Waals surface area contributed by atoms with E-state index < -0.39 is 11.6 Å². The molecule has 1 heterocycles. The molecule has 0 bridgehead atoms. The topological polar surface area (TPSA) is 37.0 Å². The van der Waals surface area contributed by atoms with E-state index in [0.717, 1.165) is 16.1 Å². The summed E-state index contributed by atoms with van der Waals surface area (Å²) in [4.78, 5) is 3.96. The molecule has 0 spiro atoms. The highest BCUT2D eigenvalue weighted by atomic mass is 127. The van der Waals surface area contributed by atoms with Crippen LogP contribution in [0.4, 0.5) is 26.1 Å². The summed E-state index contributed by atoms with van der Waals surface area (Å²) in [6.07, 6.45) is 0.831. The van der Waals surface area contributed by atoms with E-state index in [1.807, 2.05) is 25.1 Å². The number of nitrogens with one attached hydrogen (secondary N) is 2. The highest BCUT2D eigenvalue weighted by Crippen LogP contribution is 2.23. The van der Waals surface area contributed by atoms with Crippen molar-refractivity contribution in [1.29, 1.82) is 0 Å². The van der Waals surface area contributed by atoms with Crippen LogP contribution in [0.15, 0.2) is 30.3 Å². The second-order valence-electron chi connectivity index (χ2n) is 4.21. The lowest BCUT2D eigenvalue weighted by Gasteiger charge is -2.11. The van der Waals surface area contributed by atoms with Crippen LogP contribution in [0, 0.1) is 15.2 Å². The number of hydrogen-bond acceptors (Lipinski definition) is 3. The fourth-order valence-electron chi connectivity index (χ4n) is 1.62. The van der Waals surface area contributed by atoms with Crippen molar-refractivity contribution < 1.29 is 8.78 Å². The molecule has 0 atom stereocenters. The van der Waals surface area contributed by atoms with Gasteiger partial charge in [-0.3, -0.25) is 0 Å². The summed E-state index contributed by atoms with van der Waals surface area (Å²) < 4.78 is 28.3. The van der Waals surface area contributed by atoms with Crippen molar-refractivity contribution in [3.63, 3.8) is 0 Å². The van der Waals surface area contributed by atoms with E-state index in [0.29, 0.717) is 12.2 Å². The number of benzene rings is 1. The first-order chi connectivity index (χ1) is 9.60. The Kier molecular flexibility index (Phi) is 5.11. The van der Waals surface area contributed by atoms with Gasteiger partial charge < -0.3 is 10.6 Å². The zero-order valence-electron chi connectivity index (χ0n) is 10.9. The smallest absolute Gasteiger partial charge is 0.169 e. The molecule has 0 saturated carbocycles. The molecule has 0 saturated heterocycles. The minimum atomic E-state index is -0.719. The van der Waals surface area contributed by atoms with Crippen molar-refractivity contribution in [1.82, 2.24) is 4.98 Å². The fraction of sp³-hybridized carbons (Fsp3) is 0.214. The van der Waals surface area contributed by atoms with Gasteiger partial charge in [-0.25, -0.2) is 13.8 Å². The monoisotopic (exact) mass is 389 g/mol. The predicted molar refractivity (Wildman–Crippen MR) is 85.4 cm³/mol. The maximum Gasteiger partial charge on any atom is 0.169 e. The van der Waals surface area contributed by atoms with Gasteiger partial charge in [-0.05, 0) is 47.2 Å². The Morgan fingerprint density at radius 1 is 1.15 bits per heavy atom. The highest BCUT2D eigenvalue weighted by Gasteiger charge is 2.11. The Labute approximate surface area is 129 Å². The van der Waals surface area contributed by atoms with Crippen molar-refractivity contribution in [2.45, 2.75) is 13.3 Å². The normalized spacial score (nSPS) is 10.4. The van der Waals surface area contributed by atoms with Crippen LogP contribution in [0.25, 0.3) is 0 Å². The zero-order valence-corrected chi connectivity index (χ0v) is 13.0. The number of anilines is 3. The van der Waals surface area contributed by atoms with Gasteiger partial charge in [-0.1, -0.05) is 13.0 Å². The highest BCUT2D eigenvalue weighted by molar-refractivity contribution is 14.1. The Morgan fingerprint density at radius 3 is 2.60 bits per heavy atom. The lowest BCUT2D eigenvalue weighted by molar-refractivity contribution is 0.579. The van der Waals surface area contributed by atoms with Crippen molar-refractivity contribution in [3.8, 4) is 0 Å². The number of nitrogens with zero attached hydrogens (tertiary/aromatic N) is 1. The summed E-state index contributed by atoms with van der Waals surface area (Å²) in [5.74, 6) is -1.35. The molecule has 3 nitrogen and oxygen atoms in total. The third-order valence-corrected chi connectivity index (χ3v) is 3.23. The van der Waals surface area contributed by atoms with Gasteiger partial charge in [0.05, 0.1) is 0 Å². The summed E-state index contributed by atoms with van der Waals surface area (Å²) in [5, 5.41) is 5.69. The summed E-state index contributed by atoms with van der Waals surface area (Å²) in [5.41, 5.74) is 0.705. The van der Waals surface area contributed by atoms with Gasteiger partial charge in [0, 0.05) is 21.9 Å². The summed E-state index contributed by atoms with van der Waals surface area (Å²) in [7, 11) is 0. The van der Waals surface area contributed by atoms with Crippen molar-refractivity contribution in [3.05, 3.63) is 45.5 Å². The molecule has 0 unspecified atom stereocenters. The molecule has 0 amide bonds. The second kappa shape index (κ2) is 6.83. The number of pyridine rings is 1. The number of rotatable bonds is 5. The van der Waals surface area contributed by atoms with Crippen molar-refractivity contribution in [2.75, 3.05) is 17.2 Å². The summed E-state index contributed by atoms with van der Waals surface area (Å²) in [6, 6.07) is 8.26. The van der Waals surface area contributed by atoms with Gasteiger partial charge in [0.15, 0.2) is 23.3 Å². The van der Waals surface area contributed by atoms with Crippen LogP contribution in [0.3, 0.4) is 0 Å². The van der Waals surface area contributed by atoms with Crippen LogP contribution >= 0.6 is 22.6 Å². The number of aromatic nitrogens is 1. The van der Waals surface area contributed by atoms with Gasteiger partial charge in [0.2, 0.25) is 0 Å². The molecule has 2 rings (SSSR count). The zero-order chi connectivity index (χ0) is 14.5. The van der Waals surface area contributed by atoms with E-state index >= 15 is 0 Å². The molecular weight excluding hydrogens is 375 g/mol. The van der Waals surface area contributed by atoms with Crippen LogP contribution in [-0.2, 0) is 0 Å². The molecular formula is C14H14F2IN3. The molecule has 0 radical (unpaired) electrons. The lowest BCUT2D eigenvalue weighted by atomic mass is 10.3. The van der Waals surface area contributed by atoms with Gasteiger partial charge in [-0.2, -0.15) is 0 Å². The SMILES string of the molecule is CCCNc1nc(Nc2cccc(I)c2)c(F)cc1F. The quantitative estimate of drug-likeness (QED) is 0.738. The van der Waals surface area contributed by atoms with Crippen LogP contribution in [0.5, 0.6) is 0 Å². The first kappa shape index (κ1) is 15.0. The van der Waals surface area contributed by atoms with Crippen LogP contribution in [0.2, 0.25) is 0 Å². The third-order valence-electron chi connectivity index (χ3n) is 2.56. The lowest BCUT2D eigenvalue weighted by Crippen LogP contribution is -2.07.